The Morgan fingerprint density at radius 2 is 1.90 bits per heavy atom. The Kier molecular flexibility index (Phi) is 5.64. The van der Waals surface area contributed by atoms with Crippen molar-refractivity contribution < 1.29 is 9.18 Å². The predicted molar refractivity (Wildman–Crippen MR) is 116 cm³/mol. The standard InChI is InChI=1S/C22H31FN4OS/c1-14-17-12-18(21(28)25-29-26-10-5-11-26)19(23)13-20(17)27(24-14)16-8-6-15(7-9-16)22(2,3)4/h12-13,15-16H,5-11H2,1-4H3,(H,25,28). The van der Waals surface area contributed by atoms with Crippen molar-refractivity contribution in [2.45, 2.75) is 65.8 Å². The molecule has 0 radical (unpaired) electrons. The molecular weight excluding hydrogens is 387 g/mol. The lowest BCUT2D eigenvalue weighted by molar-refractivity contribution is 0.0978. The average molecular weight is 419 g/mol. The van der Waals surface area contributed by atoms with Gasteiger partial charge in [0.1, 0.15) is 5.82 Å². The molecule has 2 heterocycles. The largest absolute Gasteiger partial charge is 0.283 e. The van der Waals surface area contributed by atoms with Crippen LogP contribution in [0.2, 0.25) is 0 Å². The van der Waals surface area contributed by atoms with Gasteiger partial charge in [0.15, 0.2) is 0 Å². The van der Waals surface area contributed by atoms with Crippen LogP contribution < -0.4 is 4.72 Å². The summed E-state index contributed by atoms with van der Waals surface area (Å²) >= 11 is 1.26. The summed E-state index contributed by atoms with van der Waals surface area (Å²) in [6.07, 6.45) is 5.61. The highest BCUT2D eigenvalue weighted by Gasteiger charge is 2.31. The molecule has 0 atom stereocenters. The third-order valence-corrected chi connectivity index (χ3v) is 7.47. The molecule has 1 aromatic heterocycles. The number of amides is 1. The second-order valence-corrected chi connectivity index (χ2v) is 10.5. The highest BCUT2D eigenvalue weighted by molar-refractivity contribution is 7.95. The average Bonchev–Trinajstić information content (AvgIpc) is 2.94. The number of nitrogens with one attached hydrogen (secondary N) is 1. The number of aryl methyl sites for hydroxylation is 1. The lowest BCUT2D eigenvalue weighted by atomic mass is 9.71. The Bertz CT molecular complexity index is 908. The summed E-state index contributed by atoms with van der Waals surface area (Å²) in [5, 5.41) is 5.61. The quantitative estimate of drug-likeness (QED) is 0.688. The van der Waals surface area contributed by atoms with Crippen LogP contribution in [0, 0.1) is 24.1 Å². The maximum absolute atomic E-state index is 14.8. The van der Waals surface area contributed by atoms with E-state index in [0.717, 1.165) is 54.9 Å². The number of nitrogens with zero attached hydrogens (tertiary/aromatic N) is 3. The van der Waals surface area contributed by atoms with Crippen LogP contribution in [-0.2, 0) is 0 Å². The molecule has 0 bridgehead atoms. The van der Waals surface area contributed by atoms with Crippen LogP contribution in [0.1, 0.15) is 75.0 Å². The van der Waals surface area contributed by atoms with Gasteiger partial charge in [0.2, 0.25) is 0 Å². The maximum Gasteiger partial charge on any atom is 0.265 e. The van der Waals surface area contributed by atoms with E-state index in [0.29, 0.717) is 11.5 Å². The molecule has 2 aliphatic rings. The van der Waals surface area contributed by atoms with Gasteiger partial charge in [-0.3, -0.25) is 14.2 Å². The van der Waals surface area contributed by atoms with Crippen LogP contribution in [0.25, 0.3) is 10.9 Å². The SMILES string of the molecule is Cc1nn(C2CCC(C(C)(C)C)CC2)c2cc(F)c(C(=O)NSN3CCC3)cc12. The second-order valence-electron chi connectivity index (χ2n) is 9.56. The van der Waals surface area contributed by atoms with Crippen molar-refractivity contribution in [3.63, 3.8) is 0 Å². The first-order valence-electron chi connectivity index (χ1n) is 10.6. The van der Waals surface area contributed by atoms with E-state index in [-0.39, 0.29) is 11.5 Å². The summed E-state index contributed by atoms with van der Waals surface area (Å²) in [6, 6.07) is 3.45. The number of hydrogen-bond donors (Lipinski definition) is 1. The van der Waals surface area contributed by atoms with Crippen molar-refractivity contribution >= 4 is 28.9 Å². The van der Waals surface area contributed by atoms with E-state index >= 15 is 0 Å². The first-order chi connectivity index (χ1) is 13.7. The summed E-state index contributed by atoms with van der Waals surface area (Å²) in [7, 11) is 0. The Labute approximate surface area is 176 Å². The Morgan fingerprint density at radius 1 is 1.21 bits per heavy atom. The topological polar surface area (TPSA) is 50.2 Å². The van der Waals surface area contributed by atoms with E-state index in [4.69, 9.17) is 5.10 Å². The molecule has 2 fully saturated rings. The predicted octanol–water partition coefficient (Wildman–Crippen LogP) is 5.26. The number of benzene rings is 1. The van der Waals surface area contributed by atoms with Gasteiger partial charge in [0.05, 0.1) is 22.8 Å². The van der Waals surface area contributed by atoms with Crippen molar-refractivity contribution in [3.05, 3.63) is 29.2 Å². The summed E-state index contributed by atoms with van der Waals surface area (Å²) in [4.78, 5) is 12.5. The maximum atomic E-state index is 14.8. The summed E-state index contributed by atoms with van der Waals surface area (Å²) in [6.45, 7) is 10.8. The number of rotatable bonds is 4. The van der Waals surface area contributed by atoms with E-state index in [1.54, 1.807) is 6.07 Å². The highest BCUT2D eigenvalue weighted by atomic mass is 32.2. The van der Waals surface area contributed by atoms with Crippen molar-refractivity contribution in [3.8, 4) is 0 Å². The molecule has 1 N–H and O–H groups in total. The molecule has 7 heteroatoms. The van der Waals surface area contributed by atoms with Gasteiger partial charge in [0.25, 0.3) is 5.91 Å². The van der Waals surface area contributed by atoms with Crippen LogP contribution >= 0.6 is 12.1 Å². The highest BCUT2D eigenvalue weighted by Crippen LogP contribution is 2.42. The van der Waals surface area contributed by atoms with E-state index in [9.17, 15) is 9.18 Å². The molecule has 1 amide bonds. The van der Waals surface area contributed by atoms with Gasteiger partial charge in [-0.1, -0.05) is 20.8 Å². The van der Waals surface area contributed by atoms with E-state index < -0.39 is 5.82 Å². The van der Waals surface area contributed by atoms with Crippen molar-refractivity contribution in [2.75, 3.05) is 13.1 Å². The number of carbonyl (C=O) groups is 1. The molecule has 2 aromatic rings. The number of halogens is 1. The van der Waals surface area contributed by atoms with E-state index in [1.807, 2.05) is 15.9 Å². The lowest BCUT2D eigenvalue weighted by Crippen LogP contribution is -2.35. The van der Waals surface area contributed by atoms with E-state index in [2.05, 4.69) is 25.5 Å². The minimum Gasteiger partial charge on any atom is -0.283 e. The number of fused-ring (bicyclic) bond motifs is 1. The number of aromatic nitrogens is 2. The zero-order chi connectivity index (χ0) is 20.8. The number of carbonyl (C=O) groups excluding carboxylic acids is 1. The Morgan fingerprint density at radius 3 is 2.48 bits per heavy atom. The fourth-order valence-electron chi connectivity index (χ4n) is 4.49. The summed E-state index contributed by atoms with van der Waals surface area (Å²) in [5.41, 5.74) is 2.06. The van der Waals surface area contributed by atoms with Crippen molar-refractivity contribution in [1.29, 1.82) is 0 Å². The lowest BCUT2D eigenvalue weighted by Gasteiger charge is -2.37. The molecule has 29 heavy (non-hydrogen) atoms. The summed E-state index contributed by atoms with van der Waals surface area (Å²) in [5.74, 6) is -0.152. The zero-order valence-corrected chi connectivity index (χ0v) is 18.6. The summed E-state index contributed by atoms with van der Waals surface area (Å²) < 4.78 is 21.6. The van der Waals surface area contributed by atoms with Gasteiger partial charge in [-0.25, -0.2) is 8.70 Å². The van der Waals surface area contributed by atoms with Gasteiger partial charge in [0, 0.05) is 36.7 Å². The fraction of sp³-hybridized carbons (Fsp3) is 0.636. The Balaban J connectivity index is 1.55. The van der Waals surface area contributed by atoms with E-state index in [1.165, 1.54) is 31.0 Å². The molecule has 1 aromatic carbocycles. The first kappa shape index (κ1) is 20.7. The van der Waals surface area contributed by atoms with Gasteiger partial charge in [-0.15, -0.1) is 0 Å². The molecule has 4 rings (SSSR count). The van der Waals surface area contributed by atoms with Crippen LogP contribution in [-0.4, -0.2) is 33.1 Å². The molecule has 0 spiro atoms. The normalized spacial score (nSPS) is 23.2. The number of hydrogen-bond acceptors (Lipinski definition) is 4. The molecule has 1 saturated carbocycles. The molecule has 0 unspecified atom stereocenters. The van der Waals surface area contributed by atoms with Crippen molar-refractivity contribution in [2.24, 2.45) is 11.3 Å². The van der Waals surface area contributed by atoms with Crippen molar-refractivity contribution in [1.82, 2.24) is 18.8 Å². The van der Waals surface area contributed by atoms with Crippen LogP contribution in [0.5, 0.6) is 0 Å². The second kappa shape index (κ2) is 7.91. The molecule has 1 aliphatic heterocycles. The minimum absolute atomic E-state index is 0.0876. The van der Waals surface area contributed by atoms with Gasteiger partial charge >= 0.3 is 0 Å². The molecule has 5 nitrogen and oxygen atoms in total. The molecule has 158 valence electrons. The Hall–Kier alpha value is -1.60. The van der Waals surface area contributed by atoms with Crippen LogP contribution in [0.4, 0.5) is 4.39 Å². The van der Waals surface area contributed by atoms with Crippen LogP contribution in [0.3, 0.4) is 0 Å². The third-order valence-electron chi connectivity index (χ3n) is 6.57. The fourth-order valence-corrected chi connectivity index (χ4v) is 5.25. The molecule has 1 saturated heterocycles. The third kappa shape index (κ3) is 4.17. The molecular formula is C22H31FN4OS. The van der Waals surface area contributed by atoms with Gasteiger partial charge in [-0.05, 0) is 56.4 Å². The monoisotopic (exact) mass is 418 g/mol. The first-order valence-corrected chi connectivity index (χ1v) is 11.4. The molecule has 1 aliphatic carbocycles. The smallest absolute Gasteiger partial charge is 0.265 e. The van der Waals surface area contributed by atoms with Crippen LogP contribution in [0.15, 0.2) is 12.1 Å². The minimum atomic E-state index is -0.483. The van der Waals surface area contributed by atoms with Gasteiger partial charge in [-0.2, -0.15) is 5.10 Å². The zero-order valence-electron chi connectivity index (χ0n) is 17.8. The van der Waals surface area contributed by atoms with Gasteiger partial charge < -0.3 is 0 Å².